The van der Waals surface area contributed by atoms with Crippen LogP contribution in [0.3, 0.4) is 0 Å². The molecule has 1 heterocycles. The Morgan fingerprint density at radius 2 is 2.25 bits per heavy atom. The summed E-state index contributed by atoms with van der Waals surface area (Å²) in [5.74, 6) is -0.787. The number of carbonyl (C=O) groups is 1. The highest BCUT2D eigenvalue weighted by atomic mass is 19.1. The van der Waals surface area contributed by atoms with Crippen LogP contribution in [0.25, 0.3) is 0 Å². The third-order valence-electron chi connectivity index (χ3n) is 2.85. The molecule has 0 radical (unpaired) electrons. The smallest absolute Gasteiger partial charge is 0.254 e. The second-order valence-electron chi connectivity index (χ2n) is 4.20. The molecule has 1 atom stereocenters. The van der Waals surface area contributed by atoms with Gasteiger partial charge in [-0.1, -0.05) is 12.1 Å². The highest BCUT2D eigenvalue weighted by molar-refractivity contribution is 5.94. The van der Waals surface area contributed by atoms with Crippen LogP contribution in [0.1, 0.15) is 16.8 Å². The van der Waals surface area contributed by atoms with Crippen molar-refractivity contribution in [2.45, 2.75) is 12.5 Å². The van der Waals surface area contributed by atoms with Gasteiger partial charge in [0.05, 0.1) is 5.56 Å². The topological polar surface area (TPSA) is 32.3 Å². The largest absolute Gasteiger partial charge is 0.348 e. The van der Waals surface area contributed by atoms with E-state index < -0.39 is 5.82 Å². The number of benzene rings is 1. The lowest BCUT2D eigenvalue weighted by Crippen LogP contribution is -2.36. The van der Waals surface area contributed by atoms with Gasteiger partial charge in [0.1, 0.15) is 5.82 Å². The minimum absolute atomic E-state index is 0.122. The number of nitrogens with one attached hydrogen (secondary N) is 1. The van der Waals surface area contributed by atoms with E-state index in [2.05, 4.69) is 10.2 Å². The third-order valence-corrected chi connectivity index (χ3v) is 2.85. The van der Waals surface area contributed by atoms with Gasteiger partial charge in [0, 0.05) is 12.6 Å². The summed E-state index contributed by atoms with van der Waals surface area (Å²) < 4.78 is 13.3. The Hall–Kier alpha value is -1.42. The SMILES string of the molecule is CN1CC[C@@H](NC(=O)c2ccccc2F)C1. The molecule has 1 aliphatic rings. The predicted octanol–water partition coefficient (Wildman–Crippen LogP) is 1.26. The van der Waals surface area contributed by atoms with Crippen molar-refractivity contribution < 1.29 is 9.18 Å². The van der Waals surface area contributed by atoms with Gasteiger partial charge in [0.2, 0.25) is 0 Å². The molecule has 0 bridgehead atoms. The summed E-state index contributed by atoms with van der Waals surface area (Å²) >= 11 is 0. The van der Waals surface area contributed by atoms with E-state index in [9.17, 15) is 9.18 Å². The van der Waals surface area contributed by atoms with Gasteiger partial charge in [0.15, 0.2) is 0 Å². The van der Waals surface area contributed by atoms with Gasteiger partial charge in [-0.3, -0.25) is 4.79 Å². The Balaban J connectivity index is 2.01. The van der Waals surface area contributed by atoms with E-state index in [1.165, 1.54) is 12.1 Å². The van der Waals surface area contributed by atoms with Gasteiger partial charge < -0.3 is 10.2 Å². The molecule has 1 N–H and O–H groups in total. The first-order valence-electron chi connectivity index (χ1n) is 5.41. The van der Waals surface area contributed by atoms with Crippen molar-refractivity contribution in [1.29, 1.82) is 0 Å². The van der Waals surface area contributed by atoms with Crippen LogP contribution < -0.4 is 5.32 Å². The Labute approximate surface area is 94.3 Å². The molecule has 0 aromatic heterocycles. The number of amides is 1. The first-order chi connectivity index (χ1) is 7.66. The minimum Gasteiger partial charge on any atom is -0.348 e. The molecule has 1 aromatic rings. The molecule has 0 spiro atoms. The van der Waals surface area contributed by atoms with Crippen LogP contribution in [-0.4, -0.2) is 37.0 Å². The van der Waals surface area contributed by atoms with Gasteiger partial charge in [0.25, 0.3) is 5.91 Å². The fourth-order valence-electron chi connectivity index (χ4n) is 1.96. The molecule has 1 aliphatic heterocycles. The van der Waals surface area contributed by atoms with Crippen LogP contribution in [0.5, 0.6) is 0 Å². The lowest BCUT2D eigenvalue weighted by atomic mass is 10.1. The fraction of sp³-hybridized carbons (Fsp3) is 0.417. The van der Waals surface area contributed by atoms with Gasteiger partial charge in [-0.15, -0.1) is 0 Å². The summed E-state index contributed by atoms with van der Waals surface area (Å²) in [6.07, 6.45) is 0.927. The van der Waals surface area contributed by atoms with E-state index >= 15 is 0 Å². The molecule has 1 fully saturated rings. The number of carbonyl (C=O) groups excluding carboxylic acids is 1. The number of nitrogens with zero attached hydrogens (tertiary/aromatic N) is 1. The summed E-state index contributed by atoms with van der Waals surface area (Å²) in [5, 5.41) is 2.85. The summed E-state index contributed by atoms with van der Waals surface area (Å²) in [5.41, 5.74) is 0.122. The Morgan fingerprint density at radius 1 is 1.50 bits per heavy atom. The van der Waals surface area contributed by atoms with Crippen molar-refractivity contribution in [3.63, 3.8) is 0 Å². The van der Waals surface area contributed by atoms with Crippen LogP contribution in [0.15, 0.2) is 24.3 Å². The summed E-state index contributed by atoms with van der Waals surface area (Å²) in [6.45, 7) is 1.81. The second kappa shape index (κ2) is 4.61. The zero-order valence-electron chi connectivity index (χ0n) is 9.24. The Morgan fingerprint density at radius 3 is 2.88 bits per heavy atom. The van der Waals surface area contributed by atoms with E-state index in [1.807, 2.05) is 7.05 Å². The molecule has 1 amide bonds. The average Bonchev–Trinajstić information content (AvgIpc) is 2.64. The van der Waals surface area contributed by atoms with Crippen molar-refractivity contribution in [3.05, 3.63) is 35.6 Å². The molecule has 4 heteroatoms. The van der Waals surface area contributed by atoms with Crippen molar-refractivity contribution >= 4 is 5.91 Å². The minimum atomic E-state index is -0.466. The van der Waals surface area contributed by atoms with E-state index in [0.29, 0.717) is 0 Å². The van der Waals surface area contributed by atoms with Gasteiger partial charge in [-0.2, -0.15) is 0 Å². The molecule has 16 heavy (non-hydrogen) atoms. The van der Waals surface area contributed by atoms with Crippen LogP contribution in [0.2, 0.25) is 0 Å². The van der Waals surface area contributed by atoms with Crippen LogP contribution in [0, 0.1) is 5.82 Å². The molecule has 1 aromatic carbocycles. The number of likely N-dealkylation sites (N-methyl/N-ethyl adjacent to an activating group) is 1. The summed E-state index contributed by atoms with van der Waals surface area (Å²) in [4.78, 5) is 13.9. The zero-order chi connectivity index (χ0) is 11.5. The monoisotopic (exact) mass is 222 g/mol. The third kappa shape index (κ3) is 2.39. The van der Waals surface area contributed by atoms with Crippen LogP contribution in [-0.2, 0) is 0 Å². The van der Waals surface area contributed by atoms with Crippen LogP contribution in [0.4, 0.5) is 4.39 Å². The highest BCUT2D eigenvalue weighted by Gasteiger charge is 2.22. The van der Waals surface area contributed by atoms with E-state index in [-0.39, 0.29) is 17.5 Å². The predicted molar refractivity (Wildman–Crippen MR) is 59.8 cm³/mol. The Bertz CT molecular complexity index is 394. The molecular weight excluding hydrogens is 207 g/mol. The lowest BCUT2D eigenvalue weighted by Gasteiger charge is -2.13. The molecule has 0 saturated carbocycles. The maximum atomic E-state index is 13.3. The molecular formula is C12H15FN2O. The maximum Gasteiger partial charge on any atom is 0.254 e. The van der Waals surface area contributed by atoms with E-state index in [0.717, 1.165) is 19.5 Å². The normalized spacial score (nSPS) is 21.0. The van der Waals surface area contributed by atoms with Crippen molar-refractivity contribution in [1.82, 2.24) is 10.2 Å². The molecule has 1 saturated heterocycles. The molecule has 3 nitrogen and oxygen atoms in total. The van der Waals surface area contributed by atoms with Gasteiger partial charge >= 0.3 is 0 Å². The number of likely N-dealkylation sites (tertiary alicyclic amines) is 1. The van der Waals surface area contributed by atoms with Gasteiger partial charge in [-0.25, -0.2) is 4.39 Å². The fourth-order valence-corrected chi connectivity index (χ4v) is 1.96. The van der Waals surface area contributed by atoms with Crippen molar-refractivity contribution in [2.24, 2.45) is 0 Å². The number of hydrogen-bond donors (Lipinski definition) is 1. The summed E-state index contributed by atoms with van der Waals surface area (Å²) in [6, 6.07) is 6.19. The van der Waals surface area contributed by atoms with Crippen LogP contribution >= 0.6 is 0 Å². The van der Waals surface area contributed by atoms with Crippen molar-refractivity contribution in [3.8, 4) is 0 Å². The second-order valence-corrected chi connectivity index (χ2v) is 4.20. The number of hydrogen-bond acceptors (Lipinski definition) is 2. The Kier molecular flexibility index (Phi) is 3.19. The standard InChI is InChI=1S/C12H15FN2O/c1-15-7-6-9(8-15)14-12(16)10-4-2-3-5-11(10)13/h2-5,9H,6-8H2,1H3,(H,14,16)/t9-/m1/s1. The van der Waals surface area contributed by atoms with Crippen molar-refractivity contribution in [2.75, 3.05) is 20.1 Å². The molecule has 0 unspecified atom stereocenters. The summed E-state index contributed by atoms with van der Waals surface area (Å²) in [7, 11) is 2.01. The average molecular weight is 222 g/mol. The quantitative estimate of drug-likeness (QED) is 0.817. The highest BCUT2D eigenvalue weighted by Crippen LogP contribution is 2.10. The first kappa shape index (κ1) is 11.1. The van der Waals surface area contributed by atoms with E-state index in [4.69, 9.17) is 0 Å². The first-order valence-corrected chi connectivity index (χ1v) is 5.41. The zero-order valence-corrected chi connectivity index (χ0v) is 9.24. The van der Waals surface area contributed by atoms with E-state index in [1.54, 1.807) is 12.1 Å². The lowest BCUT2D eigenvalue weighted by molar-refractivity contribution is 0.0934. The number of rotatable bonds is 2. The molecule has 86 valence electrons. The maximum absolute atomic E-state index is 13.3. The van der Waals surface area contributed by atoms with Gasteiger partial charge in [-0.05, 0) is 32.1 Å². The number of halogens is 1. The molecule has 0 aliphatic carbocycles. The molecule has 2 rings (SSSR count).